The summed E-state index contributed by atoms with van der Waals surface area (Å²) in [5.74, 6) is 0. The first kappa shape index (κ1) is 13.4. The van der Waals surface area contributed by atoms with Crippen LogP contribution < -0.4 is 0 Å². The third-order valence-electron chi connectivity index (χ3n) is 0.900. The van der Waals surface area contributed by atoms with E-state index in [1.807, 2.05) is 6.92 Å². The highest BCUT2D eigenvalue weighted by molar-refractivity contribution is 4.17. The Bertz CT molecular complexity index is 52.4. The van der Waals surface area contributed by atoms with Crippen molar-refractivity contribution in [3.8, 4) is 0 Å². The van der Waals surface area contributed by atoms with E-state index in [9.17, 15) is 0 Å². The van der Waals surface area contributed by atoms with Gasteiger partial charge >= 0.3 is 0 Å². The molecule has 0 saturated carbocycles. The second-order valence-corrected chi connectivity index (χ2v) is 1.73. The third kappa shape index (κ3) is 17.7. The van der Waals surface area contributed by atoms with Crippen LogP contribution in [-0.4, -0.2) is 41.5 Å². The minimum absolute atomic E-state index is 0.0648. The summed E-state index contributed by atoms with van der Waals surface area (Å²) in [5, 5.41) is 0. The van der Waals surface area contributed by atoms with Crippen LogP contribution in [0.3, 0.4) is 0 Å². The number of hydrogen-bond acceptors (Lipinski definition) is 4. The molecule has 70 valence electrons. The minimum Gasteiger partial charge on any atom is -0.359 e. The maximum Gasteiger partial charge on any atom is 0.154 e. The molecule has 11 heavy (non-hydrogen) atoms. The van der Waals surface area contributed by atoms with Crippen molar-refractivity contribution in [3.05, 3.63) is 0 Å². The van der Waals surface area contributed by atoms with E-state index >= 15 is 0 Å². The average molecular weight is 166 g/mol. The molecule has 0 bridgehead atoms. The van der Waals surface area contributed by atoms with E-state index in [1.165, 1.54) is 0 Å². The van der Waals surface area contributed by atoms with E-state index < -0.39 is 0 Å². The monoisotopic (exact) mass is 166 g/mol. The fourth-order valence-corrected chi connectivity index (χ4v) is 0.214. The summed E-state index contributed by atoms with van der Waals surface area (Å²) in [6.45, 7) is 2.22. The van der Waals surface area contributed by atoms with Crippen LogP contribution in [0.15, 0.2) is 0 Å². The summed E-state index contributed by atoms with van der Waals surface area (Å²) in [6.07, 6.45) is -0.0648. The predicted molar refractivity (Wildman–Crippen MR) is 42.4 cm³/mol. The topological polar surface area (TPSA) is 36.9 Å². The molecule has 0 aliphatic heterocycles. The number of hydrogen-bond donors (Lipinski definition) is 0. The zero-order chi connectivity index (χ0) is 9.11. The van der Waals surface area contributed by atoms with E-state index in [0.717, 1.165) is 0 Å². The Labute approximate surface area is 68.4 Å². The first-order valence-corrected chi connectivity index (χ1v) is 3.26. The normalized spacial score (nSPS) is 9.27. The molecule has 0 atom stereocenters. The molecular weight excluding hydrogens is 148 g/mol. The van der Waals surface area contributed by atoms with E-state index in [0.29, 0.717) is 6.79 Å². The fourth-order valence-electron chi connectivity index (χ4n) is 0.214. The van der Waals surface area contributed by atoms with E-state index in [-0.39, 0.29) is 6.29 Å². The molecule has 0 aromatic heterocycles. The van der Waals surface area contributed by atoms with Crippen LogP contribution >= 0.6 is 0 Å². The molecule has 0 rings (SSSR count). The van der Waals surface area contributed by atoms with Crippen molar-refractivity contribution < 1.29 is 18.9 Å². The van der Waals surface area contributed by atoms with Gasteiger partial charge in [-0.2, -0.15) is 0 Å². The summed E-state index contributed by atoms with van der Waals surface area (Å²) in [6, 6.07) is 0. The predicted octanol–water partition coefficient (Wildman–Crippen LogP) is 0.862. The van der Waals surface area contributed by atoms with Crippen LogP contribution in [0.5, 0.6) is 0 Å². The highest BCUT2D eigenvalue weighted by atomic mass is 16.7. The zero-order valence-electron chi connectivity index (χ0n) is 7.92. The average Bonchev–Trinajstić information content (AvgIpc) is 2.06. The summed E-state index contributed by atoms with van der Waals surface area (Å²) >= 11 is 0. The summed E-state index contributed by atoms with van der Waals surface area (Å²) in [4.78, 5) is 0. The van der Waals surface area contributed by atoms with Gasteiger partial charge in [-0.05, 0) is 6.92 Å². The van der Waals surface area contributed by atoms with Gasteiger partial charge < -0.3 is 18.9 Å². The van der Waals surface area contributed by atoms with Gasteiger partial charge in [0.15, 0.2) is 6.29 Å². The lowest BCUT2D eigenvalue weighted by molar-refractivity contribution is -0.0877. The SMILES string of the molecule is COC(C)OC.COCOC. The molecule has 0 aliphatic carbocycles. The molecular formula is C7H18O4. The quantitative estimate of drug-likeness (QED) is 0.580. The summed E-state index contributed by atoms with van der Waals surface area (Å²) < 4.78 is 18.3. The fraction of sp³-hybridized carbons (Fsp3) is 1.00. The Kier molecular flexibility index (Phi) is 15.3. The number of rotatable bonds is 4. The van der Waals surface area contributed by atoms with Crippen LogP contribution in [0.4, 0.5) is 0 Å². The van der Waals surface area contributed by atoms with Crippen molar-refractivity contribution in [1.29, 1.82) is 0 Å². The highest BCUT2D eigenvalue weighted by Crippen LogP contribution is 1.82. The minimum atomic E-state index is -0.0648. The summed E-state index contributed by atoms with van der Waals surface area (Å²) in [5.41, 5.74) is 0. The molecule has 0 unspecified atom stereocenters. The van der Waals surface area contributed by atoms with Gasteiger partial charge in [-0.1, -0.05) is 0 Å². The zero-order valence-corrected chi connectivity index (χ0v) is 7.92. The molecule has 0 amide bonds. The largest absolute Gasteiger partial charge is 0.359 e. The number of methoxy groups -OCH3 is 4. The van der Waals surface area contributed by atoms with Gasteiger partial charge in [0.1, 0.15) is 6.79 Å². The van der Waals surface area contributed by atoms with Gasteiger partial charge in [-0.15, -0.1) is 0 Å². The van der Waals surface area contributed by atoms with Crippen molar-refractivity contribution >= 4 is 0 Å². The Balaban J connectivity index is 0. The van der Waals surface area contributed by atoms with Crippen molar-refractivity contribution in [3.63, 3.8) is 0 Å². The molecule has 0 spiro atoms. The van der Waals surface area contributed by atoms with Crippen LogP contribution in [0.1, 0.15) is 6.92 Å². The van der Waals surface area contributed by atoms with E-state index in [1.54, 1.807) is 28.4 Å². The maximum atomic E-state index is 4.68. The Morgan fingerprint density at radius 3 is 1.27 bits per heavy atom. The Hall–Kier alpha value is -0.160. The lowest BCUT2D eigenvalue weighted by atomic mass is 10.8. The van der Waals surface area contributed by atoms with Gasteiger partial charge in [-0.25, -0.2) is 0 Å². The van der Waals surface area contributed by atoms with Crippen LogP contribution in [0.25, 0.3) is 0 Å². The van der Waals surface area contributed by atoms with E-state index in [2.05, 4.69) is 18.9 Å². The first-order chi connectivity index (χ1) is 5.22. The lowest BCUT2D eigenvalue weighted by Gasteiger charge is -2.03. The molecule has 0 heterocycles. The van der Waals surface area contributed by atoms with Crippen LogP contribution in [0.2, 0.25) is 0 Å². The molecule has 0 saturated heterocycles. The standard InChI is InChI=1S/C4H10O2.C3H8O2/c1-4(5-2)6-3;1-4-3-5-2/h4H,1-3H3;3H2,1-2H3. The molecule has 4 nitrogen and oxygen atoms in total. The lowest BCUT2D eigenvalue weighted by Crippen LogP contribution is -2.05. The van der Waals surface area contributed by atoms with E-state index in [4.69, 9.17) is 0 Å². The van der Waals surface area contributed by atoms with Gasteiger partial charge in [0.05, 0.1) is 0 Å². The van der Waals surface area contributed by atoms with Gasteiger partial charge in [0.25, 0.3) is 0 Å². The van der Waals surface area contributed by atoms with Gasteiger partial charge in [0.2, 0.25) is 0 Å². The number of ether oxygens (including phenoxy) is 4. The van der Waals surface area contributed by atoms with Crippen molar-refractivity contribution in [2.45, 2.75) is 13.2 Å². The molecule has 4 heteroatoms. The molecule has 0 aromatic carbocycles. The molecule has 0 aliphatic rings. The molecule has 0 N–H and O–H groups in total. The van der Waals surface area contributed by atoms with Crippen molar-refractivity contribution in [2.75, 3.05) is 35.2 Å². The smallest absolute Gasteiger partial charge is 0.154 e. The second-order valence-electron chi connectivity index (χ2n) is 1.73. The Morgan fingerprint density at radius 2 is 1.27 bits per heavy atom. The molecule has 0 aromatic rings. The van der Waals surface area contributed by atoms with Crippen molar-refractivity contribution in [2.24, 2.45) is 0 Å². The second kappa shape index (κ2) is 12.5. The Morgan fingerprint density at radius 1 is 0.909 bits per heavy atom. The van der Waals surface area contributed by atoms with Gasteiger partial charge in [-0.3, -0.25) is 0 Å². The summed E-state index contributed by atoms with van der Waals surface area (Å²) in [7, 11) is 6.38. The van der Waals surface area contributed by atoms with Crippen LogP contribution in [-0.2, 0) is 18.9 Å². The van der Waals surface area contributed by atoms with Crippen molar-refractivity contribution in [1.82, 2.24) is 0 Å². The molecule has 0 radical (unpaired) electrons. The van der Waals surface area contributed by atoms with Gasteiger partial charge in [0, 0.05) is 28.4 Å². The third-order valence-corrected chi connectivity index (χ3v) is 0.900. The highest BCUT2D eigenvalue weighted by Gasteiger charge is 1.87. The molecule has 0 fully saturated rings. The maximum absolute atomic E-state index is 4.68. The first-order valence-electron chi connectivity index (χ1n) is 3.26. The van der Waals surface area contributed by atoms with Crippen LogP contribution in [0, 0.1) is 0 Å².